The molecule has 1 aliphatic carbocycles. The molecule has 0 N–H and O–H groups in total. The van der Waals surface area contributed by atoms with Crippen molar-refractivity contribution in [1.82, 2.24) is 4.90 Å². The number of rotatable bonds is 6. The molecule has 0 unspecified atom stereocenters. The summed E-state index contributed by atoms with van der Waals surface area (Å²) in [5.74, 6) is -0.234. The van der Waals surface area contributed by atoms with Gasteiger partial charge < -0.3 is 9.64 Å². The molecule has 1 amide bonds. The lowest BCUT2D eigenvalue weighted by atomic mass is 9.75. The molecule has 1 fully saturated rings. The highest BCUT2D eigenvalue weighted by Crippen LogP contribution is 2.37. The van der Waals surface area contributed by atoms with Gasteiger partial charge in [-0.1, -0.05) is 19.1 Å². The first kappa shape index (κ1) is 18.6. The molecule has 1 saturated heterocycles. The first-order valence-corrected chi connectivity index (χ1v) is 8.59. The first-order valence-electron chi connectivity index (χ1n) is 8.59. The Morgan fingerprint density at radius 1 is 1.46 bits per heavy atom. The van der Waals surface area contributed by atoms with Crippen LogP contribution in [0, 0.1) is 5.41 Å². The van der Waals surface area contributed by atoms with Gasteiger partial charge in [0.05, 0.1) is 18.2 Å². The summed E-state index contributed by atoms with van der Waals surface area (Å²) in [5, 5.41) is 0. The number of ether oxygens (including phenoxy) is 1. The number of hydrogen-bond donors (Lipinski definition) is 0. The third-order valence-corrected chi connectivity index (χ3v) is 4.88. The number of carbonyl (C=O) groups excluding carboxylic acids is 3. The van der Waals surface area contributed by atoms with Crippen LogP contribution in [0.2, 0.25) is 0 Å². The number of hydrogen-bond acceptors (Lipinski definition) is 4. The molecule has 2 aliphatic rings. The van der Waals surface area contributed by atoms with E-state index in [2.05, 4.69) is 0 Å². The van der Waals surface area contributed by atoms with Crippen molar-refractivity contribution in [3.05, 3.63) is 23.8 Å². The van der Waals surface area contributed by atoms with Gasteiger partial charge in [0.15, 0.2) is 11.6 Å². The number of allylic oxidation sites excluding steroid dienone is 3. The fraction of sp³-hybridized carbons (Fsp3) is 0.632. The second-order valence-electron chi connectivity index (χ2n) is 7.10. The highest BCUT2D eigenvalue weighted by Gasteiger charge is 2.37. The number of carbonyl (C=O) groups is 3. The molecular formula is C19H27NO4. The molecule has 1 aliphatic heterocycles. The second-order valence-corrected chi connectivity index (χ2v) is 7.10. The van der Waals surface area contributed by atoms with Gasteiger partial charge >= 0.3 is 0 Å². The van der Waals surface area contributed by atoms with Crippen LogP contribution in [0.25, 0.3) is 0 Å². The van der Waals surface area contributed by atoms with E-state index >= 15 is 0 Å². The van der Waals surface area contributed by atoms with Gasteiger partial charge in [-0.05, 0) is 44.1 Å². The van der Waals surface area contributed by atoms with Crippen molar-refractivity contribution in [3.63, 3.8) is 0 Å². The Labute approximate surface area is 143 Å². The van der Waals surface area contributed by atoms with Crippen molar-refractivity contribution in [2.24, 2.45) is 5.41 Å². The standard InChI is InChI=1S/C19H27NO4/c1-14(21)6-4-9-19(2)10-8-17(22)16(12-19)18(23)20-11-5-7-15(20)13-24-3/h4,6,12,15H,5,7-11,13H2,1-3H3/b6-4+/t15-,19-/m0/s1. The lowest BCUT2D eigenvalue weighted by Crippen LogP contribution is -2.41. The molecule has 132 valence electrons. The van der Waals surface area contributed by atoms with Crippen molar-refractivity contribution < 1.29 is 19.1 Å². The number of Topliss-reactive ketones (excluding diaryl/α,β-unsaturated/α-hetero) is 1. The van der Waals surface area contributed by atoms with E-state index in [1.54, 1.807) is 18.1 Å². The zero-order valence-electron chi connectivity index (χ0n) is 14.8. The van der Waals surface area contributed by atoms with E-state index < -0.39 is 0 Å². The Morgan fingerprint density at radius 2 is 2.21 bits per heavy atom. The van der Waals surface area contributed by atoms with Crippen molar-refractivity contribution in [2.75, 3.05) is 20.3 Å². The highest BCUT2D eigenvalue weighted by molar-refractivity contribution is 6.19. The summed E-state index contributed by atoms with van der Waals surface area (Å²) in [4.78, 5) is 38.0. The average molecular weight is 333 g/mol. The molecule has 0 aromatic heterocycles. The normalized spacial score (nSPS) is 27.6. The van der Waals surface area contributed by atoms with Gasteiger partial charge in [0.2, 0.25) is 0 Å². The zero-order valence-corrected chi connectivity index (χ0v) is 14.8. The Morgan fingerprint density at radius 3 is 2.88 bits per heavy atom. The summed E-state index contributed by atoms with van der Waals surface area (Å²) in [7, 11) is 1.63. The smallest absolute Gasteiger partial charge is 0.257 e. The Kier molecular flexibility index (Phi) is 6.10. The summed E-state index contributed by atoms with van der Waals surface area (Å²) < 4.78 is 5.20. The van der Waals surface area contributed by atoms with Crippen LogP contribution in [-0.2, 0) is 19.1 Å². The van der Waals surface area contributed by atoms with Gasteiger partial charge in [-0.3, -0.25) is 14.4 Å². The average Bonchev–Trinajstić information content (AvgIpc) is 2.97. The van der Waals surface area contributed by atoms with Gasteiger partial charge in [0.25, 0.3) is 5.91 Å². The molecule has 24 heavy (non-hydrogen) atoms. The highest BCUT2D eigenvalue weighted by atomic mass is 16.5. The maximum atomic E-state index is 12.9. The van der Waals surface area contributed by atoms with Crippen molar-refractivity contribution >= 4 is 17.5 Å². The predicted molar refractivity (Wildman–Crippen MR) is 91.5 cm³/mol. The minimum absolute atomic E-state index is 0.00485. The van der Waals surface area contributed by atoms with Crippen molar-refractivity contribution in [2.45, 2.75) is 52.0 Å². The minimum Gasteiger partial charge on any atom is -0.383 e. The predicted octanol–water partition coefficient (Wildman–Crippen LogP) is 2.45. The fourth-order valence-corrected chi connectivity index (χ4v) is 3.49. The minimum atomic E-state index is -0.263. The maximum absolute atomic E-state index is 12.9. The molecule has 5 nitrogen and oxygen atoms in total. The van der Waals surface area contributed by atoms with E-state index in [4.69, 9.17) is 4.74 Å². The SMILES string of the molecule is COC[C@@H]1CCCN1C(=O)C1=C[C@@](C)(C/C=C/C(C)=O)CCC1=O. The van der Waals surface area contributed by atoms with Crippen LogP contribution in [-0.4, -0.2) is 48.7 Å². The summed E-state index contributed by atoms with van der Waals surface area (Å²) in [6, 6.07) is 0.0574. The van der Waals surface area contributed by atoms with Gasteiger partial charge in [-0.25, -0.2) is 0 Å². The molecule has 0 bridgehead atoms. The van der Waals surface area contributed by atoms with Crippen LogP contribution >= 0.6 is 0 Å². The molecule has 0 aromatic carbocycles. The van der Waals surface area contributed by atoms with Crippen LogP contribution in [0.1, 0.15) is 46.0 Å². The topological polar surface area (TPSA) is 63.7 Å². The van der Waals surface area contributed by atoms with E-state index in [-0.39, 0.29) is 28.9 Å². The van der Waals surface area contributed by atoms with Crippen LogP contribution < -0.4 is 0 Å². The van der Waals surface area contributed by atoms with Gasteiger partial charge in [0, 0.05) is 20.1 Å². The number of amides is 1. The van der Waals surface area contributed by atoms with Gasteiger partial charge in [-0.15, -0.1) is 0 Å². The molecule has 0 aromatic rings. The second kappa shape index (κ2) is 7.88. The monoisotopic (exact) mass is 333 g/mol. The quantitative estimate of drug-likeness (QED) is 0.553. The molecule has 1 heterocycles. The lowest BCUT2D eigenvalue weighted by molar-refractivity contribution is -0.131. The van der Waals surface area contributed by atoms with E-state index in [0.717, 1.165) is 12.8 Å². The summed E-state index contributed by atoms with van der Waals surface area (Å²) in [5.41, 5.74) is 0.0457. The molecule has 5 heteroatoms. The van der Waals surface area contributed by atoms with Crippen molar-refractivity contribution in [1.29, 1.82) is 0 Å². The Hall–Kier alpha value is -1.75. The molecule has 2 rings (SSSR count). The van der Waals surface area contributed by atoms with Gasteiger partial charge in [0.1, 0.15) is 0 Å². The fourth-order valence-electron chi connectivity index (χ4n) is 3.49. The van der Waals surface area contributed by atoms with Crippen LogP contribution in [0.5, 0.6) is 0 Å². The third-order valence-electron chi connectivity index (χ3n) is 4.88. The van der Waals surface area contributed by atoms with E-state index in [1.165, 1.54) is 6.92 Å². The van der Waals surface area contributed by atoms with Gasteiger partial charge in [-0.2, -0.15) is 0 Å². The number of nitrogens with zero attached hydrogens (tertiary/aromatic N) is 1. The van der Waals surface area contributed by atoms with E-state index in [1.807, 2.05) is 19.1 Å². The molecule has 0 saturated carbocycles. The van der Waals surface area contributed by atoms with Crippen LogP contribution in [0.15, 0.2) is 23.8 Å². The zero-order chi connectivity index (χ0) is 17.7. The van der Waals surface area contributed by atoms with E-state index in [9.17, 15) is 14.4 Å². The molecule has 2 atom stereocenters. The lowest BCUT2D eigenvalue weighted by Gasteiger charge is -2.32. The van der Waals surface area contributed by atoms with Crippen molar-refractivity contribution in [3.8, 4) is 0 Å². The van der Waals surface area contributed by atoms with E-state index in [0.29, 0.717) is 38.0 Å². The number of likely N-dealkylation sites (tertiary alicyclic amines) is 1. The third kappa shape index (κ3) is 4.41. The molecule has 0 radical (unpaired) electrons. The van der Waals surface area contributed by atoms with Crippen LogP contribution in [0.3, 0.4) is 0 Å². The Balaban J connectivity index is 2.18. The summed E-state index contributed by atoms with van der Waals surface area (Å²) >= 11 is 0. The number of methoxy groups -OCH3 is 1. The number of ketones is 2. The van der Waals surface area contributed by atoms with Crippen LogP contribution in [0.4, 0.5) is 0 Å². The largest absolute Gasteiger partial charge is 0.383 e. The summed E-state index contributed by atoms with van der Waals surface area (Å²) in [6.45, 7) is 4.73. The molecule has 0 spiro atoms. The first-order chi connectivity index (χ1) is 11.4. The Bertz CT molecular complexity index is 578. The maximum Gasteiger partial charge on any atom is 0.257 e. The molecular weight excluding hydrogens is 306 g/mol. The summed E-state index contributed by atoms with van der Waals surface area (Å²) in [6.07, 6.45) is 8.80.